The lowest BCUT2D eigenvalue weighted by atomic mass is 10.2. The van der Waals surface area contributed by atoms with Crippen molar-refractivity contribution in [1.82, 2.24) is 0 Å². The first kappa shape index (κ1) is 15.1. The largest absolute Gasteiger partial charge is 0.397 e. The number of benzene rings is 2. The number of carbonyl (C=O) groups excluding carboxylic acids is 1. The summed E-state index contributed by atoms with van der Waals surface area (Å²) < 4.78 is 13.6. The highest BCUT2D eigenvalue weighted by Crippen LogP contribution is 2.22. The molecule has 21 heavy (non-hydrogen) atoms. The van der Waals surface area contributed by atoms with Gasteiger partial charge in [-0.1, -0.05) is 23.7 Å². The van der Waals surface area contributed by atoms with Crippen molar-refractivity contribution in [3.8, 4) is 0 Å². The molecule has 2 aromatic carbocycles. The standard InChI is InChI=1S/C15H15ClFN3O/c1-20(14-5-3-2-4-12(14)17)9-15(21)19-10-6-7-11(16)13(18)8-10/h2-8H,9,18H2,1H3,(H,19,21). The van der Waals surface area contributed by atoms with Gasteiger partial charge in [0.25, 0.3) is 0 Å². The van der Waals surface area contributed by atoms with E-state index in [9.17, 15) is 9.18 Å². The van der Waals surface area contributed by atoms with Crippen LogP contribution in [0.5, 0.6) is 0 Å². The van der Waals surface area contributed by atoms with Crippen molar-refractivity contribution in [2.75, 3.05) is 29.5 Å². The topological polar surface area (TPSA) is 58.4 Å². The van der Waals surface area contributed by atoms with E-state index in [0.29, 0.717) is 22.1 Å². The van der Waals surface area contributed by atoms with Gasteiger partial charge < -0.3 is 16.0 Å². The Morgan fingerprint density at radius 3 is 2.71 bits per heavy atom. The highest BCUT2D eigenvalue weighted by Gasteiger charge is 2.11. The van der Waals surface area contributed by atoms with Crippen LogP contribution in [0.15, 0.2) is 42.5 Å². The Morgan fingerprint density at radius 2 is 2.05 bits per heavy atom. The third-order valence-corrected chi connectivity index (χ3v) is 3.27. The number of nitrogen functional groups attached to an aromatic ring is 1. The molecule has 0 heterocycles. The van der Waals surface area contributed by atoms with E-state index in [4.69, 9.17) is 17.3 Å². The number of halogens is 2. The molecule has 0 saturated heterocycles. The van der Waals surface area contributed by atoms with Gasteiger partial charge in [0.2, 0.25) is 5.91 Å². The van der Waals surface area contributed by atoms with Crippen LogP contribution in [0, 0.1) is 5.82 Å². The molecule has 0 aliphatic rings. The second-order valence-electron chi connectivity index (χ2n) is 4.59. The van der Waals surface area contributed by atoms with Crippen molar-refractivity contribution in [2.24, 2.45) is 0 Å². The van der Waals surface area contributed by atoms with Gasteiger partial charge in [-0.05, 0) is 30.3 Å². The molecule has 0 unspecified atom stereocenters. The Hall–Kier alpha value is -2.27. The van der Waals surface area contributed by atoms with E-state index < -0.39 is 0 Å². The second-order valence-corrected chi connectivity index (χ2v) is 5.00. The van der Waals surface area contributed by atoms with Crippen LogP contribution in [0.2, 0.25) is 5.02 Å². The molecule has 0 aromatic heterocycles. The van der Waals surface area contributed by atoms with E-state index in [1.54, 1.807) is 43.4 Å². The molecule has 3 N–H and O–H groups in total. The number of hydrogen-bond acceptors (Lipinski definition) is 3. The van der Waals surface area contributed by atoms with E-state index >= 15 is 0 Å². The summed E-state index contributed by atoms with van der Waals surface area (Å²) in [6.45, 7) is 0.0173. The van der Waals surface area contributed by atoms with Crippen molar-refractivity contribution >= 4 is 34.6 Å². The number of nitrogens with two attached hydrogens (primary N) is 1. The number of nitrogens with one attached hydrogen (secondary N) is 1. The van der Waals surface area contributed by atoms with E-state index in [-0.39, 0.29) is 18.3 Å². The highest BCUT2D eigenvalue weighted by atomic mass is 35.5. The molecule has 0 radical (unpaired) electrons. The predicted octanol–water partition coefficient (Wildman–Crippen LogP) is 3.14. The molecule has 110 valence electrons. The van der Waals surface area contributed by atoms with Crippen LogP contribution in [0.25, 0.3) is 0 Å². The van der Waals surface area contributed by atoms with Crippen LogP contribution in [0.4, 0.5) is 21.5 Å². The second kappa shape index (κ2) is 6.45. The molecule has 1 amide bonds. The van der Waals surface area contributed by atoms with E-state index in [1.807, 2.05) is 0 Å². The minimum Gasteiger partial charge on any atom is -0.397 e. The first-order valence-corrected chi connectivity index (χ1v) is 6.65. The van der Waals surface area contributed by atoms with Gasteiger partial charge in [-0.2, -0.15) is 0 Å². The van der Waals surface area contributed by atoms with E-state index in [0.717, 1.165) is 0 Å². The van der Waals surface area contributed by atoms with Crippen LogP contribution in [-0.4, -0.2) is 19.5 Å². The quantitative estimate of drug-likeness (QED) is 0.853. The van der Waals surface area contributed by atoms with Gasteiger partial charge in [-0.25, -0.2) is 4.39 Å². The zero-order valence-electron chi connectivity index (χ0n) is 11.4. The number of para-hydroxylation sites is 1. The first-order valence-electron chi connectivity index (χ1n) is 6.28. The molecule has 0 aliphatic heterocycles. The lowest BCUT2D eigenvalue weighted by Crippen LogP contribution is -2.30. The summed E-state index contributed by atoms with van der Waals surface area (Å²) in [5.41, 5.74) is 6.96. The molecule has 0 spiro atoms. The minimum atomic E-state index is -0.372. The smallest absolute Gasteiger partial charge is 0.243 e. The lowest BCUT2D eigenvalue weighted by Gasteiger charge is -2.19. The number of rotatable bonds is 4. The Kier molecular flexibility index (Phi) is 4.65. The fourth-order valence-electron chi connectivity index (χ4n) is 1.88. The lowest BCUT2D eigenvalue weighted by molar-refractivity contribution is -0.114. The summed E-state index contributed by atoms with van der Waals surface area (Å²) >= 11 is 5.81. The maximum atomic E-state index is 13.6. The Balaban J connectivity index is 2.01. The number of nitrogens with zero attached hydrogens (tertiary/aromatic N) is 1. The van der Waals surface area contributed by atoms with Gasteiger partial charge in [-0.3, -0.25) is 4.79 Å². The molecule has 0 saturated carbocycles. The van der Waals surface area contributed by atoms with Crippen molar-refractivity contribution < 1.29 is 9.18 Å². The third kappa shape index (κ3) is 3.86. The molecule has 2 rings (SSSR count). The summed E-state index contributed by atoms with van der Waals surface area (Å²) in [4.78, 5) is 13.5. The zero-order valence-corrected chi connectivity index (χ0v) is 12.2. The molecule has 0 fully saturated rings. The predicted molar refractivity (Wildman–Crippen MR) is 84.2 cm³/mol. The van der Waals surface area contributed by atoms with Gasteiger partial charge in [0.05, 0.1) is 22.9 Å². The minimum absolute atomic E-state index is 0.0173. The van der Waals surface area contributed by atoms with Crippen molar-refractivity contribution in [3.63, 3.8) is 0 Å². The van der Waals surface area contributed by atoms with Gasteiger partial charge in [0.15, 0.2) is 0 Å². The summed E-state index contributed by atoms with van der Waals surface area (Å²) in [5, 5.41) is 3.12. The van der Waals surface area contributed by atoms with Gasteiger partial charge >= 0.3 is 0 Å². The van der Waals surface area contributed by atoms with Crippen molar-refractivity contribution in [1.29, 1.82) is 0 Å². The van der Waals surface area contributed by atoms with Gasteiger partial charge in [0.1, 0.15) is 5.82 Å². The third-order valence-electron chi connectivity index (χ3n) is 2.92. The average Bonchev–Trinajstić information content (AvgIpc) is 2.43. The summed E-state index contributed by atoms with van der Waals surface area (Å²) in [6.07, 6.45) is 0. The van der Waals surface area contributed by atoms with Crippen LogP contribution in [0.3, 0.4) is 0 Å². The number of likely N-dealkylation sites (N-methyl/N-ethyl adjacent to an activating group) is 1. The molecule has 0 bridgehead atoms. The fourth-order valence-corrected chi connectivity index (χ4v) is 2.00. The van der Waals surface area contributed by atoms with Gasteiger partial charge in [-0.15, -0.1) is 0 Å². The maximum Gasteiger partial charge on any atom is 0.243 e. The van der Waals surface area contributed by atoms with Crippen molar-refractivity contribution in [2.45, 2.75) is 0 Å². The summed E-state index contributed by atoms with van der Waals surface area (Å²) in [5.74, 6) is -0.647. The Labute approximate surface area is 127 Å². The molecule has 4 nitrogen and oxygen atoms in total. The molecule has 2 aromatic rings. The highest BCUT2D eigenvalue weighted by molar-refractivity contribution is 6.33. The van der Waals surface area contributed by atoms with Crippen LogP contribution < -0.4 is 16.0 Å². The van der Waals surface area contributed by atoms with Crippen LogP contribution >= 0.6 is 11.6 Å². The summed E-state index contributed by atoms with van der Waals surface area (Å²) in [7, 11) is 1.65. The molecular formula is C15H15ClFN3O. The normalized spacial score (nSPS) is 10.2. The molecule has 6 heteroatoms. The number of hydrogen-bond donors (Lipinski definition) is 2. The van der Waals surface area contributed by atoms with Crippen molar-refractivity contribution in [3.05, 3.63) is 53.3 Å². The van der Waals surface area contributed by atoms with Crippen LogP contribution in [0.1, 0.15) is 0 Å². The summed E-state index contributed by atoms with van der Waals surface area (Å²) in [6, 6.07) is 11.1. The number of anilines is 3. The maximum absolute atomic E-state index is 13.6. The Morgan fingerprint density at radius 1 is 1.33 bits per heavy atom. The SMILES string of the molecule is CN(CC(=O)Nc1ccc(Cl)c(N)c1)c1ccccc1F. The van der Waals surface area contributed by atoms with Gasteiger partial charge in [0, 0.05) is 12.7 Å². The van der Waals surface area contributed by atoms with Crippen LogP contribution in [-0.2, 0) is 4.79 Å². The molecular weight excluding hydrogens is 293 g/mol. The van der Waals surface area contributed by atoms with E-state index in [2.05, 4.69) is 5.32 Å². The fraction of sp³-hybridized carbons (Fsp3) is 0.133. The zero-order chi connectivity index (χ0) is 15.4. The molecule has 0 atom stereocenters. The average molecular weight is 308 g/mol. The molecule has 0 aliphatic carbocycles. The number of carbonyl (C=O) groups is 1. The monoisotopic (exact) mass is 307 g/mol. The number of amides is 1. The first-order chi connectivity index (χ1) is 9.97. The Bertz CT molecular complexity index is 663. The van der Waals surface area contributed by atoms with E-state index in [1.165, 1.54) is 11.0 Å².